The van der Waals surface area contributed by atoms with E-state index in [0.29, 0.717) is 22.4 Å². The monoisotopic (exact) mass is 226 g/mol. The molecule has 80 valence electrons. The van der Waals surface area contributed by atoms with Crippen LogP contribution in [0.3, 0.4) is 0 Å². The molecule has 15 heavy (non-hydrogen) atoms. The number of hydrogen-bond donors (Lipinski definition) is 1. The number of furan rings is 1. The molecule has 2 N–H and O–H groups in total. The normalized spacial score (nSPS) is 10.8. The molecule has 0 saturated heterocycles. The molecule has 2 rings (SSSR count). The number of anilines is 1. The van der Waals surface area contributed by atoms with Crippen molar-refractivity contribution in [3.05, 3.63) is 23.1 Å². The van der Waals surface area contributed by atoms with Crippen LogP contribution < -0.4 is 5.73 Å². The number of hydrogen-bond acceptors (Lipinski definition) is 4. The van der Waals surface area contributed by atoms with Gasteiger partial charge in [0, 0.05) is 5.56 Å². The van der Waals surface area contributed by atoms with Gasteiger partial charge in [0.2, 0.25) is 5.22 Å². The van der Waals surface area contributed by atoms with Crippen molar-refractivity contribution in [3.63, 3.8) is 0 Å². The van der Waals surface area contributed by atoms with Crippen LogP contribution in [0.5, 0.6) is 0 Å². The topological polar surface area (TPSA) is 65.2 Å². The third-order valence-electron chi connectivity index (χ3n) is 2.18. The molecule has 0 spiro atoms. The molecule has 5 heteroatoms. The number of halogens is 1. The Morgan fingerprint density at radius 1 is 1.53 bits per heavy atom. The highest BCUT2D eigenvalue weighted by Crippen LogP contribution is 2.34. The lowest BCUT2D eigenvalue weighted by molar-refractivity contribution is 0.434. The summed E-state index contributed by atoms with van der Waals surface area (Å²) in [5.41, 5.74) is 7.29. The zero-order valence-electron chi connectivity index (χ0n) is 8.29. The number of nitrogens with two attached hydrogens (primary N) is 1. The van der Waals surface area contributed by atoms with Crippen molar-refractivity contribution in [2.75, 3.05) is 5.73 Å². The lowest BCUT2D eigenvalue weighted by Gasteiger charge is -1.97. The summed E-state index contributed by atoms with van der Waals surface area (Å²) in [6.45, 7) is 2.06. The van der Waals surface area contributed by atoms with E-state index in [0.717, 1.165) is 18.4 Å². The minimum absolute atomic E-state index is 0.295. The summed E-state index contributed by atoms with van der Waals surface area (Å²) in [5, 5.41) is 4.03. The first-order valence-electron chi connectivity index (χ1n) is 4.71. The minimum Gasteiger partial charge on any atom is -0.452 e. The van der Waals surface area contributed by atoms with Gasteiger partial charge in [-0.1, -0.05) is 18.5 Å². The van der Waals surface area contributed by atoms with Crippen LogP contribution in [0.25, 0.3) is 11.3 Å². The number of rotatable bonds is 3. The molecular formula is C10H11ClN2O2. The van der Waals surface area contributed by atoms with Crippen LogP contribution in [0.2, 0.25) is 5.22 Å². The molecule has 2 heterocycles. The molecule has 0 aliphatic carbocycles. The Morgan fingerprint density at radius 2 is 2.33 bits per heavy atom. The first kappa shape index (κ1) is 10.1. The van der Waals surface area contributed by atoms with E-state index in [1.807, 2.05) is 0 Å². The minimum atomic E-state index is 0.295. The van der Waals surface area contributed by atoms with Crippen molar-refractivity contribution >= 4 is 17.4 Å². The van der Waals surface area contributed by atoms with Crippen molar-refractivity contribution in [1.29, 1.82) is 0 Å². The summed E-state index contributed by atoms with van der Waals surface area (Å²) >= 11 is 5.86. The van der Waals surface area contributed by atoms with Gasteiger partial charge < -0.3 is 14.7 Å². The maximum absolute atomic E-state index is 5.86. The third kappa shape index (κ3) is 1.72. The fraction of sp³-hybridized carbons (Fsp3) is 0.300. The van der Waals surface area contributed by atoms with Gasteiger partial charge in [-0.3, -0.25) is 0 Å². The number of nitrogen functional groups attached to an aromatic ring is 1. The number of aromatic nitrogens is 1. The maximum Gasteiger partial charge on any atom is 0.204 e. The fourth-order valence-electron chi connectivity index (χ4n) is 1.48. The summed E-state index contributed by atoms with van der Waals surface area (Å²) in [7, 11) is 0. The van der Waals surface area contributed by atoms with Crippen LogP contribution >= 0.6 is 11.6 Å². The predicted octanol–water partition coefficient (Wildman–Crippen LogP) is 3.12. The summed E-state index contributed by atoms with van der Waals surface area (Å²) in [4.78, 5) is 0. The van der Waals surface area contributed by atoms with Gasteiger partial charge in [-0.25, -0.2) is 0 Å². The second-order valence-corrected chi connectivity index (χ2v) is 3.58. The molecule has 0 bridgehead atoms. The van der Waals surface area contributed by atoms with E-state index in [1.54, 1.807) is 6.07 Å². The molecule has 2 aromatic rings. The molecule has 0 fully saturated rings. The van der Waals surface area contributed by atoms with Gasteiger partial charge in [0.1, 0.15) is 0 Å². The van der Waals surface area contributed by atoms with E-state index >= 15 is 0 Å². The molecule has 0 saturated carbocycles. The Morgan fingerprint density at radius 3 is 2.93 bits per heavy atom. The molecule has 0 aromatic carbocycles. The second kappa shape index (κ2) is 3.98. The van der Waals surface area contributed by atoms with Gasteiger partial charge >= 0.3 is 0 Å². The molecule has 0 aliphatic rings. The van der Waals surface area contributed by atoms with E-state index in [2.05, 4.69) is 12.1 Å². The van der Waals surface area contributed by atoms with Crippen molar-refractivity contribution in [2.45, 2.75) is 19.8 Å². The van der Waals surface area contributed by atoms with E-state index in [1.165, 1.54) is 6.26 Å². The highest BCUT2D eigenvalue weighted by atomic mass is 35.5. The van der Waals surface area contributed by atoms with Crippen LogP contribution in [0, 0.1) is 0 Å². The van der Waals surface area contributed by atoms with Crippen LogP contribution in [0.1, 0.15) is 18.9 Å². The van der Waals surface area contributed by atoms with Gasteiger partial charge in [0.15, 0.2) is 11.6 Å². The molecule has 0 amide bonds. The average molecular weight is 227 g/mol. The van der Waals surface area contributed by atoms with Crippen LogP contribution in [-0.4, -0.2) is 5.16 Å². The molecule has 0 aliphatic heterocycles. The first-order chi connectivity index (χ1) is 7.24. The predicted molar refractivity (Wildman–Crippen MR) is 57.6 cm³/mol. The quantitative estimate of drug-likeness (QED) is 0.873. The van der Waals surface area contributed by atoms with E-state index in [9.17, 15) is 0 Å². The molecule has 4 nitrogen and oxygen atoms in total. The summed E-state index contributed by atoms with van der Waals surface area (Å²) in [6.07, 6.45) is 3.28. The van der Waals surface area contributed by atoms with Gasteiger partial charge in [-0.05, 0) is 24.1 Å². The van der Waals surface area contributed by atoms with Crippen molar-refractivity contribution in [1.82, 2.24) is 5.16 Å². The zero-order valence-corrected chi connectivity index (χ0v) is 9.04. The lowest BCUT2D eigenvalue weighted by atomic mass is 10.1. The Labute approximate surface area is 92.0 Å². The molecule has 0 radical (unpaired) electrons. The Hall–Kier alpha value is -1.42. The summed E-state index contributed by atoms with van der Waals surface area (Å²) < 4.78 is 10.2. The summed E-state index contributed by atoms with van der Waals surface area (Å²) in [6, 6.07) is 1.74. The van der Waals surface area contributed by atoms with Crippen LogP contribution in [-0.2, 0) is 6.42 Å². The van der Waals surface area contributed by atoms with Gasteiger partial charge in [-0.15, -0.1) is 0 Å². The highest BCUT2D eigenvalue weighted by Gasteiger charge is 2.18. The van der Waals surface area contributed by atoms with Crippen molar-refractivity contribution in [3.8, 4) is 11.3 Å². The van der Waals surface area contributed by atoms with Crippen LogP contribution in [0.15, 0.2) is 21.3 Å². The summed E-state index contributed by atoms with van der Waals surface area (Å²) in [5.74, 6) is 1.03. The van der Waals surface area contributed by atoms with Crippen molar-refractivity contribution < 1.29 is 8.94 Å². The molecule has 2 aromatic heterocycles. The van der Waals surface area contributed by atoms with Gasteiger partial charge in [-0.2, -0.15) is 0 Å². The Balaban J connectivity index is 2.49. The van der Waals surface area contributed by atoms with E-state index in [-0.39, 0.29) is 0 Å². The van der Waals surface area contributed by atoms with Crippen molar-refractivity contribution in [2.24, 2.45) is 0 Å². The Kier molecular flexibility index (Phi) is 2.68. The SMILES string of the molecule is CCCc1c(N)noc1-c1ccoc1Cl. The van der Waals surface area contributed by atoms with Crippen LogP contribution in [0.4, 0.5) is 5.82 Å². The lowest BCUT2D eigenvalue weighted by Crippen LogP contribution is -1.92. The van der Waals surface area contributed by atoms with Gasteiger partial charge in [0.25, 0.3) is 0 Å². The average Bonchev–Trinajstić information content (AvgIpc) is 2.76. The highest BCUT2D eigenvalue weighted by molar-refractivity contribution is 6.31. The first-order valence-corrected chi connectivity index (χ1v) is 5.09. The van der Waals surface area contributed by atoms with E-state index in [4.69, 9.17) is 26.3 Å². The van der Waals surface area contributed by atoms with E-state index < -0.39 is 0 Å². The van der Waals surface area contributed by atoms with Gasteiger partial charge in [0.05, 0.1) is 11.8 Å². The molecule has 0 atom stereocenters. The fourth-order valence-corrected chi connectivity index (χ4v) is 1.68. The smallest absolute Gasteiger partial charge is 0.204 e. The maximum atomic E-state index is 5.86. The zero-order chi connectivity index (χ0) is 10.8. The third-order valence-corrected chi connectivity index (χ3v) is 2.47. The number of nitrogens with zero attached hydrogens (tertiary/aromatic N) is 1. The molecule has 0 unspecified atom stereocenters. The molecular weight excluding hydrogens is 216 g/mol. The standard InChI is InChI=1S/C10H11ClN2O2/c1-2-3-7-8(15-13-10(7)12)6-4-5-14-9(6)11/h4-5H,2-3H2,1H3,(H2,12,13). The Bertz CT molecular complexity index is 462. The largest absolute Gasteiger partial charge is 0.452 e. The second-order valence-electron chi connectivity index (χ2n) is 3.23.